The van der Waals surface area contributed by atoms with Crippen LogP contribution in [0.4, 0.5) is 17.1 Å². The Morgan fingerprint density at radius 1 is 0.343 bits per heavy atom. The normalized spacial score (nSPS) is 20.0. The maximum absolute atomic E-state index is 2.81. The van der Waals surface area contributed by atoms with Gasteiger partial charge in [0.15, 0.2) is 8.07 Å². The number of anilines is 3. The highest BCUT2D eigenvalue weighted by atomic mass is 28.3. The van der Waals surface area contributed by atoms with Crippen LogP contribution in [0.5, 0.6) is 0 Å². The van der Waals surface area contributed by atoms with Gasteiger partial charge >= 0.3 is 0 Å². The number of aromatic nitrogens is 1. The lowest BCUT2D eigenvalue weighted by atomic mass is 9.41. The first kappa shape index (κ1) is 39.0. The van der Waals surface area contributed by atoms with Gasteiger partial charge in [-0.2, -0.15) is 0 Å². The van der Waals surface area contributed by atoms with E-state index in [1.165, 1.54) is 109 Å². The van der Waals surface area contributed by atoms with Gasteiger partial charge in [0.2, 0.25) is 0 Å². The molecule has 322 valence electrons. The third-order valence-corrected chi connectivity index (χ3v) is 21.7. The molecule has 0 N–H and O–H groups in total. The molecular formula is C64H52N2Si. The molecule has 4 saturated carbocycles. The summed E-state index contributed by atoms with van der Waals surface area (Å²) in [5, 5.41) is 8.02. The van der Waals surface area contributed by atoms with Crippen molar-refractivity contribution in [1.29, 1.82) is 0 Å². The summed E-state index contributed by atoms with van der Waals surface area (Å²) < 4.78 is 2.57. The monoisotopic (exact) mass is 876 g/mol. The fraction of sp³-hybridized carbons (Fsp3) is 0.156. The molecule has 3 heteroatoms. The molecule has 1 spiro atoms. The van der Waals surface area contributed by atoms with Crippen molar-refractivity contribution < 1.29 is 0 Å². The van der Waals surface area contributed by atoms with Gasteiger partial charge in [-0.15, -0.1) is 0 Å². The Balaban J connectivity index is 1.00. The smallest absolute Gasteiger partial charge is 0.179 e. The van der Waals surface area contributed by atoms with Crippen LogP contribution < -0.4 is 25.6 Å². The number of nitrogens with zero attached hydrogens (tertiary/aromatic N) is 2. The molecule has 0 saturated heterocycles. The minimum Gasteiger partial charge on any atom is -0.309 e. The van der Waals surface area contributed by atoms with E-state index in [9.17, 15) is 0 Å². The quantitative estimate of drug-likeness (QED) is 0.114. The number of rotatable bonds is 7. The van der Waals surface area contributed by atoms with Gasteiger partial charge in [0.25, 0.3) is 0 Å². The standard InChI is InChI=1S/C64H52N2Si/c1-4-20-48(21-5-1)67(49-22-6-2-7-23-49,50-24-8-3-9-25-50)51-36-37-55-54-28-12-16-32-59(54)65(63(55)43-51)58-31-15-10-26-52(58)53-27-11-17-33-60(53)66-61-34-18-13-29-56(61)64(57-30-14-19-35-62(57)66)46-39-44-38-45(41-46)42-47(64)40-44/h1-37,43-47H,38-42H2/t44-,45+,46-,47?. The fourth-order valence-corrected chi connectivity index (χ4v) is 19.5. The largest absolute Gasteiger partial charge is 0.309 e. The maximum Gasteiger partial charge on any atom is 0.179 e. The predicted molar refractivity (Wildman–Crippen MR) is 282 cm³/mol. The first-order chi connectivity index (χ1) is 33.2. The Hall–Kier alpha value is -7.20. The van der Waals surface area contributed by atoms with E-state index in [1.807, 2.05) is 0 Å². The van der Waals surface area contributed by atoms with Gasteiger partial charge in [-0.25, -0.2) is 0 Å². The van der Waals surface area contributed by atoms with E-state index in [4.69, 9.17) is 0 Å². The van der Waals surface area contributed by atoms with Crippen LogP contribution in [0, 0.1) is 23.7 Å². The van der Waals surface area contributed by atoms with Gasteiger partial charge in [0, 0.05) is 27.3 Å². The number of benzene rings is 9. The second-order valence-electron chi connectivity index (χ2n) is 20.0. The summed E-state index contributed by atoms with van der Waals surface area (Å²) >= 11 is 0. The molecule has 4 bridgehead atoms. The zero-order chi connectivity index (χ0) is 44.1. The summed E-state index contributed by atoms with van der Waals surface area (Å²) in [6, 6.07) is 87.8. The van der Waals surface area contributed by atoms with Crippen molar-refractivity contribution in [3.63, 3.8) is 0 Å². The van der Waals surface area contributed by atoms with E-state index in [2.05, 4.69) is 240 Å². The molecule has 1 aliphatic heterocycles. The topological polar surface area (TPSA) is 8.17 Å². The van der Waals surface area contributed by atoms with Gasteiger partial charge in [0.05, 0.1) is 33.8 Å². The highest BCUT2D eigenvalue weighted by Gasteiger charge is 2.61. The average molecular weight is 877 g/mol. The molecule has 0 atom stereocenters. The number of para-hydroxylation sites is 5. The zero-order valence-corrected chi connectivity index (χ0v) is 38.7. The van der Waals surface area contributed by atoms with Crippen LogP contribution in [0.25, 0.3) is 38.6 Å². The Labute approximate surface area is 394 Å². The minimum absolute atomic E-state index is 0.0580. The second-order valence-corrected chi connectivity index (χ2v) is 23.8. The molecule has 1 aromatic heterocycles. The van der Waals surface area contributed by atoms with Crippen LogP contribution in [0.3, 0.4) is 0 Å². The van der Waals surface area contributed by atoms with Crippen molar-refractivity contribution in [3.8, 4) is 16.8 Å². The average Bonchev–Trinajstić information content (AvgIpc) is 3.72. The molecular weight excluding hydrogens is 825 g/mol. The summed E-state index contributed by atoms with van der Waals surface area (Å²) in [6.45, 7) is 0. The molecule has 0 amide bonds. The van der Waals surface area contributed by atoms with Crippen LogP contribution in [0.2, 0.25) is 0 Å². The van der Waals surface area contributed by atoms with Crippen molar-refractivity contribution in [2.24, 2.45) is 23.7 Å². The molecule has 15 rings (SSSR count). The van der Waals surface area contributed by atoms with Crippen LogP contribution in [0.1, 0.15) is 43.2 Å². The molecule has 4 aliphatic carbocycles. The first-order valence-electron chi connectivity index (χ1n) is 24.6. The van der Waals surface area contributed by atoms with E-state index in [-0.39, 0.29) is 5.41 Å². The van der Waals surface area contributed by atoms with E-state index in [0.717, 1.165) is 11.8 Å². The molecule has 2 nitrogen and oxygen atoms in total. The SMILES string of the molecule is c1ccc([Si](c2ccccc2)(c2ccccc2)c2ccc3c4ccccc4n(-c4ccccc4-c4ccccc4N4c5ccccc5C5(c6ccccc64)C4C[C@H]6C[C@@H](C4)C[C@@H]5C6)c3c2)cc1. The van der Waals surface area contributed by atoms with Crippen molar-refractivity contribution >= 4 is 67.7 Å². The molecule has 0 radical (unpaired) electrons. The van der Waals surface area contributed by atoms with Gasteiger partial charge < -0.3 is 9.47 Å². The number of fused-ring (bicyclic) bond motifs is 5. The highest BCUT2D eigenvalue weighted by molar-refractivity contribution is 7.20. The van der Waals surface area contributed by atoms with Crippen LogP contribution in [-0.2, 0) is 5.41 Å². The van der Waals surface area contributed by atoms with Gasteiger partial charge in [0.1, 0.15) is 0 Å². The van der Waals surface area contributed by atoms with E-state index >= 15 is 0 Å². The Morgan fingerprint density at radius 3 is 1.34 bits per heavy atom. The lowest BCUT2D eigenvalue weighted by molar-refractivity contribution is -0.0419. The van der Waals surface area contributed by atoms with Crippen molar-refractivity contribution in [3.05, 3.63) is 242 Å². The van der Waals surface area contributed by atoms with Crippen LogP contribution >= 0.6 is 0 Å². The summed E-state index contributed by atoms with van der Waals surface area (Å²) in [6.07, 6.45) is 6.92. The maximum atomic E-state index is 2.64. The number of hydrogen-bond acceptors (Lipinski definition) is 1. The predicted octanol–water partition coefficient (Wildman–Crippen LogP) is 13.4. The van der Waals surface area contributed by atoms with Gasteiger partial charge in [-0.3, -0.25) is 0 Å². The third kappa shape index (κ3) is 5.55. The number of hydrogen-bond donors (Lipinski definition) is 0. The third-order valence-electron chi connectivity index (χ3n) is 16.9. The molecule has 5 aliphatic rings. The Morgan fingerprint density at radius 2 is 0.776 bits per heavy atom. The lowest BCUT2D eigenvalue weighted by Gasteiger charge is -2.64. The van der Waals surface area contributed by atoms with Crippen molar-refractivity contribution in [1.82, 2.24) is 4.57 Å². The molecule has 67 heavy (non-hydrogen) atoms. The second kappa shape index (κ2) is 15.2. The summed E-state index contributed by atoms with van der Waals surface area (Å²) in [4.78, 5) is 2.64. The lowest BCUT2D eigenvalue weighted by Crippen LogP contribution is -2.74. The first-order valence-corrected chi connectivity index (χ1v) is 26.6. The van der Waals surface area contributed by atoms with Crippen LogP contribution in [0.15, 0.2) is 231 Å². The summed E-state index contributed by atoms with van der Waals surface area (Å²) in [7, 11) is -2.81. The molecule has 4 fully saturated rings. The van der Waals surface area contributed by atoms with E-state index in [1.54, 1.807) is 11.1 Å². The minimum atomic E-state index is -2.81. The molecule has 9 aromatic carbocycles. The van der Waals surface area contributed by atoms with E-state index < -0.39 is 8.07 Å². The fourth-order valence-electron chi connectivity index (χ4n) is 14.7. The van der Waals surface area contributed by atoms with Crippen molar-refractivity contribution in [2.45, 2.75) is 37.5 Å². The molecule has 0 unspecified atom stereocenters. The Kier molecular flexibility index (Phi) is 8.83. The molecule has 2 heterocycles. The van der Waals surface area contributed by atoms with Crippen LogP contribution in [-0.4, -0.2) is 12.6 Å². The van der Waals surface area contributed by atoms with Gasteiger partial charge in [-0.1, -0.05) is 194 Å². The summed E-state index contributed by atoms with van der Waals surface area (Å²) in [5.74, 6) is 3.18. The molecule has 10 aromatic rings. The van der Waals surface area contributed by atoms with Crippen molar-refractivity contribution in [2.75, 3.05) is 4.90 Å². The van der Waals surface area contributed by atoms with E-state index in [0.29, 0.717) is 11.8 Å². The summed E-state index contributed by atoms with van der Waals surface area (Å²) in [5.41, 5.74) is 13.1. The van der Waals surface area contributed by atoms with Gasteiger partial charge in [-0.05, 0) is 124 Å². The Bertz CT molecular complexity index is 3320. The zero-order valence-electron chi connectivity index (χ0n) is 37.7. The highest BCUT2D eigenvalue weighted by Crippen LogP contribution is 2.69.